The Bertz CT molecular complexity index is 99.7. The van der Waals surface area contributed by atoms with Crippen LogP contribution >= 0.6 is 12.6 Å². The van der Waals surface area contributed by atoms with E-state index in [-0.39, 0.29) is 0 Å². The minimum atomic E-state index is 0.567. The average Bonchev–Trinajstić information content (AvgIpc) is 2.52. The molecule has 11 heavy (non-hydrogen) atoms. The van der Waals surface area contributed by atoms with Crippen LogP contribution in [0.3, 0.4) is 0 Å². The van der Waals surface area contributed by atoms with E-state index in [1.54, 1.807) is 0 Å². The van der Waals surface area contributed by atoms with Crippen molar-refractivity contribution in [1.82, 2.24) is 0 Å². The zero-order chi connectivity index (χ0) is 8.10. The third-order valence-corrected chi connectivity index (χ3v) is 2.85. The molecule has 0 saturated heterocycles. The molecule has 0 amide bonds. The van der Waals surface area contributed by atoms with Crippen LogP contribution in [0.25, 0.3) is 0 Å². The molecule has 0 aromatic carbocycles. The van der Waals surface area contributed by atoms with Crippen LogP contribution in [0, 0.1) is 5.92 Å². The summed E-state index contributed by atoms with van der Waals surface area (Å²) in [5.74, 6) is 1.55. The Kier molecular flexibility index (Phi) is 4.31. The molecule has 0 spiro atoms. The summed E-state index contributed by atoms with van der Waals surface area (Å²) in [6, 6.07) is 0. The minimum Gasteiger partial charge on any atom is -0.378 e. The molecule has 0 aromatic rings. The Labute approximate surface area is 74.9 Å². The van der Waals surface area contributed by atoms with Crippen molar-refractivity contribution in [2.75, 3.05) is 12.4 Å². The molecule has 1 fully saturated rings. The Morgan fingerprint density at radius 2 is 2.09 bits per heavy atom. The minimum absolute atomic E-state index is 0.567. The highest BCUT2D eigenvalue weighted by atomic mass is 32.1. The van der Waals surface area contributed by atoms with E-state index in [9.17, 15) is 0 Å². The van der Waals surface area contributed by atoms with Crippen molar-refractivity contribution in [3.8, 4) is 0 Å². The summed E-state index contributed by atoms with van der Waals surface area (Å²) >= 11 is 4.21. The highest BCUT2D eigenvalue weighted by molar-refractivity contribution is 7.80. The van der Waals surface area contributed by atoms with Crippen LogP contribution in [-0.2, 0) is 4.74 Å². The zero-order valence-electron chi connectivity index (χ0n) is 7.25. The molecule has 1 nitrogen and oxygen atoms in total. The summed E-state index contributed by atoms with van der Waals surface area (Å²) in [5.41, 5.74) is 0. The van der Waals surface area contributed by atoms with Crippen LogP contribution in [-0.4, -0.2) is 18.5 Å². The molecule has 0 radical (unpaired) electrons. The van der Waals surface area contributed by atoms with Crippen LogP contribution in [0.5, 0.6) is 0 Å². The van der Waals surface area contributed by atoms with E-state index in [1.165, 1.54) is 25.7 Å². The van der Waals surface area contributed by atoms with Crippen LogP contribution < -0.4 is 0 Å². The molecule has 1 rings (SSSR count). The monoisotopic (exact) mass is 174 g/mol. The molecule has 1 unspecified atom stereocenters. The SMILES string of the molecule is CC(CS)COC1CCCC1. The maximum Gasteiger partial charge on any atom is 0.0575 e. The van der Waals surface area contributed by atoms with Gasteiger partial charge in [-0.15, -0.1) is 0 Å². The zero-order valence-corrected chi connectivity index (χ0v) is 8.15. The van der Waals surface area contributed by atoms with Crippen molar-refractivity contribution in [1.29, 1.82) is 0 Å². The van der Waals surface area contributed by atoms with Crippen molar-refractivity contribution < 1.29 is 4.74 Å². The average molecular weight is 174 g/mol. The van der Waals surface area contributed by atoms with E-state index >= 15 is 0 Å². The quantitative estimate of drug-likeness (QED) is 0.644. The normalized spacial score (nSPS) is 22.4. The fourth-order valence-corrected chi connectivity index (χ4v) is 1.51. The van der Waals surface area contributed by atoms with Gasteiger partial charge in [-0.25, -0.2) is 0 Å². The molecule has 0 bridgehead atoms. The number of hydrogen-bond donors (Lipinski definition) is 1. The third kappa shape index (κ3) is 3.48. The molecule has 1 atom stereocenters. The molecule has 2 heteroatoms. The molecular weight excluding hydrogens is 156 g/mol. The summed E-state index contributed by atoms with van der Waals surface area (Å²) in [4.78, 5) is 0. The standard InChI is InChI=1S/C9H18OS/c1-8(7-11)6-10-9-4-2-3-5-9/h8-9,11H,2-7H2,1H3. The lowest BCUT2D eigenvalue weighted by Crippen LogP contribution is -2.14. The van der Waals surface area contributed by atoms with Crippen LogP contribution in [0.1, 0.15) is 32.6 Å². The Balaban J connectivity index is 2.01. The van der Waals surface area contributed by atoms with Crippen LogP contribution in [0.2, 0.25) is 0 Å². The molecular formula is C9H18OS. The van der Waals surface area contributed by atoms with Crippen LogP contribution in [0.15, 0.2) is 0 Å². The van der Waals surface area contributed by atoms with Gasteiger partial charge in [-0.3, -0.25) is 0 Å². The fourth-order valence-electron chi connectivity index (χ4n) is 1.41. The van der Waals surface area contributed by atoms with Gasteiger partial charge in [0.25, 0.3) is 0 Å². The molecule has 1 aliphatic rings. The predicted octanol–water partition coefficient (Wildman–Crippen LogP) is 2.51. The molecule has 0 aromatic heterocycles. The largest absolute Gasteiger partial charge is 0.378 e. The first-order valence-electron chi connectivity index (χ1n) is 4.55. The van der Waals surface area contributed by atoms with Gasteiger partial charge in [0, 0.05) is 0 Å². The van der Waals surface area contributed by atoms with Gasteiger partial charge in [0.15, 0.2) is 0 Å². The first-order valence-corrected chi connectivity index (χ1v) is 5.18. The molecule has 1 aliphatic carbocycles. The Morgan fingerprint density at radius 1 is 1.45 bits per heavy atom. The summed E-state index contributed by atoms with van der Waals surface area (Å²) in [5, 5.41) is 0. The lowest BCUT2D eigenvalue weighted by atomic mass is 10.2. The highest BCUT2D eigenvalue weighted by Gasteiger charge is 2.15. The van der Waals surface area contributed by atoms with Crippen molar-refractivity contribution in [2.45, 2.75) is 38.7 Å². The van der Waals surface area contributed by atoms with Gasteiger partial charge in [-0.05, 0) is 24.5 Å². The van der Waals surface area contributed by atoms with Gasteiger partial charge >= 0.3 is 0 Å². The number of rotatable bonds is 4. The molecule has 0 N–H and O–H groups in total. The first kappa shape index (κ1) is 9.40. The van der Waals surface area contributed by atoms with Gasteiger partial charge in [0.2, 0.25) is 0 Å². The van der Waals surface area contributed by atoms with Crippen LogP contribution in [0.4, 0.5) is 0 Å². The number of hydrogen-bond acceptors (Lipinski definition) is 2. The van der Waals surface area contributed by atoms with Gasteiger partial charge in [0.05, 0.1) is 12.7 Å². The summed E-state index contributed by atoms with van der Waals surface area (Å²) in [7, 11) is 0. The third-order valence-electron chi connectivity index (χ3n) is 2.23. The first-order chi connectivity index (χ1) is 5.33. The summed E-state index contributed by atoms with van der Waals surface area (Å²) < 4.78 is 5.71. The maximum absolute atomic E-state index is 5.71. The van der Waals surface area contributed by atoms with E-state index in [1.807, 2.05) is 0 Å². The van der Waals surface area contributed by atoms with E-state index in [0.29, 0.717) is 12.0 Å². The van der Waals surface area contributed by atoms with E-state index in [0.717, 1.165) is 12.4 Å². The predicted molar refractivity (Wildman–Crippen MR) is 51.2 cm³/mol. The second kappa shape index (κ2) is 5.04. The van der Waals surface area contributed by atoms with Gasteiger partial charge in [0.1, 0.15) is 0 Å². The van der Waals surface area contributed by atoms with E-state index < -0.39 is 0 Å². The lowest BCUT2D eigenvalue weighted by molar-refractivity contribution is 0.0416. The van der Waals surface area contributed by atoms with Crippen molar-refractivity contribution >= 4 is 12.6 Å². The number of thiol groups is 1. The summed E-state index contributed by atoms with van der Waals surface area (Å²) in [6.07, 6.45) is 5.84. The summed E-state index contributed by atoms with van der Waals surface area (Å²) in [6.45, 7) is 3.08. The number of ether oxygens (including phenoxy) is 1. The molecule has 1 saturated carbocycles. The second-order valence-electron chi connectivity index (χ2n) is 3.53. The maximum atomic E-state index is 5.71. The lowest BCUT2D eigenvalue weighted by Gasteiger charge is -2.13. The van der Waals surface area contributed by atoms with Crippen molar-refractivity contribution in [3.05, 3.63) is 0 Å². The Hall–Kier alpha value is 0.310. The Morgan fingerprint density at radius 3 is 2.64 bits per heavy atom. The molecule has 0 heterocycles. The van der Waals surface area contributed by atoms with E-state index in [2.05, 4.69) is 19.6 Å². The van der Waals surface area contributed by atoms with Crippen molar-refractivity contribution in [3.63, 3.8) is 0 Å². The second-order valence-corrected chi connectivity index (χ2v) is 3.89. The van der Waals surface area contributed by atoms with Gasteiger partial charge in [-0.1, -0.05) is 19.8 Å². The smallest absolute Gasteiger partial charge is 0.0575 e. The van der Waals surface area contributed by atoms with Gasteiger partial charge < -0.3 is 4.74 Å². The highest BCUT2D eigenvalue weighted by Crippen LogP contribution is 2.21. The topological polar surface area (TPSA) is 9.23 Å². The van der Waals surface area contributed by atoms with Crippen molar-refractivity contribution in [2.24, 2.45) is 5.92 Å². The molecule has 66 valence electrons. The molecule has 0 aliphatic heterocycles. The fraction of sp³-hybridized carbons (Fsp3) is 1.00. The van der Waals surface area contributed by atoms with Gasteiger partial charge in [-0.2, -0.15) is 12.6 Å². The van der Waals surface area contributed by atoms with E-state index in [4.69, 9.17) is 4.74 Å².